The number of hydrogen-bond acceptors (Lipinski definition) is 4. The van der Waals surface area contributed by atoms with Crippen LogP contribution in [0.1, 0.15) is 69.5 Å². The molecule has 1 saturated heterocycles. The second-order valence-corrected chi connectivity index (χ2v) is 7.56. The Morgan fingerprint density at radius 3 is 2.71 bits per heavy atom. The molecule has 1 aliphatic heterocycles. The predicted molar refractivity (Wildman–Crippen MR) is 101 cm³/mol. The average Bonchev–Trinajstić information content (AvgIpc) is 2.94. The van der Waals surface area contributed by atoms with Crippen LogP contribution in [0.25, 0.3) is 5.57 Å². The van der Waals surface area contributed by atoms with Crippen LogP contribution in [0.4, 0.5) is 5.82 Å². The first-order valence-corrected chi connectivity index (χ1v) is 9.74. The van der Waals surface area contributed by atoms with E-state index in [9.17, 15) is 0 Å². The van der Waals surface area contributed by atoms with Gasteiger partial charge in [0.15, 0.2) is 0 Å². The van der Waals surface area contributed by atoms with Crippen LogP contribution in [0, 0.1) is 5.92 Å². The van der Waals surface area contributed by atoms with Crippen LogP contribution in [-0.4, -0.2) is 34.5 Å². The fourth-order valence-electron chi connectivity index (χ4n) is 3.84. The molecule has 4 nitrogen and oxygen atoms in total. The van der Waals surface area contributed by atoms with E-state index in [1.165, 1.54) is 50.9 Å². The molecule has 0 spiro atoms. The molecule has 132 valence electrons. The van der Waals surface area contributed by atoms with E-state index in [4.69, 9.17) is 10.7 Å². The number of likely N-dealkylation sites (tertiary alicyclic amines) is 1. The van der Waals surface area contributed by atoms with Crippen molar-refractivity contribution in [2.75, 3.05) is 25.4 Å². The van der Waals surface area contributed by atoms with E-state index in [2.05, 4.69) is 29.8 Å². The van der Waals surface area contributed by atoms with Crippen LogP contribution in [-0.2, 0) is 12.8 Å². The van der Waals surface area contributed by atoms with Gasteiger partial charge in [0.2, 0.25) is 0 Å². The van der Waals surface area contributed by atoms with Crippen molar-refractivity contribution in [3.8, 4) is 0 Å². The number of nitrogen functional groups attached to an aromatic ring is 1. The smallest absolute Gasteiger partial charge is 0.131 e. The largest absolute Gasteiger partial charge is 0.383 e. The zero-order chi connectivity index (χ0) is 16.9. The first kappa shape index (κ1) is 17.4. The maximum Gasteiger partial charge on any atom is 0.131 e. The molecule has 2 heterocycles. The normalized spacial score (nSPS) is 17.7. The van der Waals surface area contributed by atoms with Gasteiger partial charge < -0.3 is 10.6 Å². The highest BCUT2D eigenvalue weighted by Crippen LogP contribution is 2.32. The number of aryl methyl sites for hydroxylation is 1. The Labute approximate surface area is 146 Å². The highest BCUT2D eigenvalue weighted by Gasteiger charge is 2.22. The summed E-state index contributed by atoms with van der Waals surface area (Å²) in [5.74, 6) is 2.54. The van der Waals surface area contributed by atoms with Crippen LogP contribution in [0.2, 0.25) is 0 Å². The van der Waals surface area contributed by atoms with E-state index in [0.717, 1.165) is 48.7 Å². The molecule has 0 bridgehead atoms. The Hall–Kier alpha value is -1.42. The third-order valence-corrected chi connectivity index (χ3v) is 5.26. The lowest BCUT2D eigenvalue weighted by Crippen LogP contribution is -2.45. The topological polar surface area (TPSA) is 55.0 Å². The standard InChI is InChI=1S/C20H32N4/c1-3-4-9-18-22-19-16(10-11-17(19)20(21)23-18)8-6-5-7-12-24-13-15(2)14-24/h10,15H,3-9,11-14H2,1-2H3,(H2,21,22,23). The molecule has 4 heteroatoms. The molecule has 1 aromatic heterocycles. The number of anilines is 1. The fourth-order valence-corrected chi connectivity index (χ4v) is 3.84. The fraction of sp³-hybridized carbons (Fsp3) is 0.700. The molecule has 0 aromatic carbocycles. The summed E-state index contributed by atoms with van der Waals surface area (Å²) in [7, 11) is 0. The minimum absolute atomic E-state index is 0.698. The van der Waals surface area contributed by atoms with E-state index < -0.39 is 0 Å². The second-order valence-electron chi connectivity index (χ2n) is 7.56. The highest BCUT2D eigenvalue weighted by molar-refractivity contribution is 5.73. The van der Waals surface area contributed by atoms with Gasteiger partial charge in [-0.15, -0.1) is 0 Å². The lowest BCUT2D eigenvalue weighted by atomic mass is 10.0. The SMILES string of the molecule is CCCCc1nc(N)c2c(n1)C(CCCCCN1CC(C)C1)=CC2. The summed E-state index contributed by atoms with van der Waals surface area (Å²) in [5.41, 5.74) is 9.85. The summed E-state index contributed by atoms with van der Waals surface area (Å²) in [6.45, 7) is 8.41. The first-order chi connectivity index (χ1) is 11.7. The van der Waals surface area contributed by atoms with Crippen LogP contribution >= 0.6 is 0 Å². The molecule has 1 fully saturated rings. The van der Waals surface area contributed by atoms with E-state index in [0.29, 0.717) is 5.82 Å². The van der Waals surface area contributed by atoms with E-state index in [1.807, 2.05) is 0 Å². The molecule has 0 saturated carbocycles. The predicted octanol–water partition coefficient (Wildman–Crippen LogP) is 3.85. The van der Waals surface area contributed by atoms with Crippen LogP contribution < -0.4 is 5.73 Å². The van der Waals surface area contributed by atoms with Crippen LogP contribution in [0.15, 0.2) is 6.08 Å². The molecule has 0 unspecified atom stereocenters. The maximum absolute atomic E-state index is 6.16. The number of allylic oxidation sites excluding steroid dienone is 2. The van der Waals surface area contributed by atoms with Gasteiger partial charge in [-0.2, -0.15) is 0 Å². The Balaban J connectivity index is 1.47. The van der Waals surface area contributed by atoms with E-state index >= 15 is 0 Å². The van der Waals surface area contributed by atoms with Gasteiger partial charge in [0.05, 0.1) is 5.69 Å². The quantitative estimate of drug-likeness (QED) is 0.700. The lowest BCUT2D eigenvalue weighted by molar-refractivity contribution is 0.111. The van der Waals surface area contributed by atoms with Crippen LogP contribution in [0.3, 0.4) is 0 Å². The Bertz CT molecular complexity index is 588. The highest BCUT2D eigenvalue weighted by atomic mass is 15.2. The number of nitrogens with two attached hydrogens (primary N) is 1. The number of unbranched alkanes of at least 4 members (excludes halogenated alkanes) is 3. The van der Waals surface area contributed by atoms with Crippen molar-refractivity contribution in [3.63, 3.8) is 0 Å². The van der Waals surface area contributed by atoms with Gasteiger partial charge in [0.25, 0.3) is 0 Å². The molecule has 24 heavy (non-hydrogen) atoms. The molecule has 3 rings (SSSR count). The zero-order valence-electron chi connectivity index (χ0n) is 15.4. The van der Waals surface area contributed by atoms with Crippen molar-refractivity contribution in [1.29, 1.82) is 0 Å². The lowest BCUT2D eigenvalue weighted by Gasteiger charge is -2.37. The molecule has 2 N–H and O–H groups in total. The Morgan fingerprint density at radius 1 is 1.12 bits per heavy atom. The van der Waals surface area contributed by atoms with Crippen molar-refractivity contribution in [2.24, 2.45) is 5.92 Å². The van der Waals surface area contributed by atoms with Crippen LogP contribution in [0.5, 0.6) is 0 Å². The zero-order valence-corrected chi connectivity index (χ0v) is 15.4. The Morgan fingerprint density at radius 2 is 1.96 bits per heavy atom. The molecule has 0 amide bonds. The van der Waals surface area contributed by atoms with Gasteiger partial charge in [-0.1, -0.05) is 32.8 Å². The molecular formula is C20H32N4. The van der Waals surface area contributed by atoms with E-state index in [1.54, 1.807) is 0 Å². The molecule has 0 radical (unpaired) electrons. The molecule has 2 aliphatic rings. The molecular weight excluding hydrogens is 296 g/mol. The summed E-state index contributed by atoms with van der Waals surface area (Å²) in [6, 6.07) is 0. The molecule has 1 aromatic rings. The maximum atomic E-state index is 6.16. The number of rotatable bonds is 9. The van der Waals surface area contributed by atoms with Crippen molar-refractivity contribution >= 4 is 11.4 Å². The second kappa shape index (κ2) is 8.11. The van der Waals surface area contributed by atoms with Crippen molar-refractivity contribution < 1.29 is 0 Å². The monoisotopic (exact) mass is 328 g/mol. The number of nitrogens with zero attached hydrogens (tertiary/aromatic N) is 3. The van der Waals surface area contributed by atoms with Crippen molar-refractivity contribution in [3.05, 3.63) is 23.2 Å². The number of aromatic nitrogens is 2. The van der Waals surface area contributed by atoms with Gasteiger partial charge in [-0.3, -0.25) is 0 Å². The number of hydrogen-bond donors (Lipinski definition) is 1. The van der Waals surface area contributed by atoms with Crippen molar-refractivity contribution in [1.82, 2.24) is 14.9 Å². The van der Waals surface area contributed by atoms with Gasteiger partial charge in [-0.05, 0) is 50.1 Å². The molecule has 0 atom stereocenters. The average molecular weight is 329 g/mol. The van der Waals surface area contributed by atoms with E-state index in [-0.39, 0.29) is 0 Å². The third kappa shape index (κ3) is 4.15. The third-order valence-electron chi connectivity index (χ3n) is 5.26. The van der Waals surface area contributed by atoms with Gasteiger partial charge in [-0.25, -0.2) is 9.97 Å². The van der Waals surface area contributed by atoms with Crippen molar-refractivity contribution in [2.45, 2.75) is 65.2 Å². The summed E-state index contributed by atoms with van der Waals surface area (Å²) >= 11 is 0. The minimum Gasteiger partial charge on any atom is -0.383 e. The number of fused-ring (bicyclic) bond motifs is 1. The summed E-state index contributed by atoms with van der Waals surface area (Å²) in [4.78, 5) is 11.9. The summed E-state index contributed by atoms with van der Waals surface area (Å²) in [6.07, 6.45) is 11.5. The van der Waals surface area contributed by atoms with Gasteiger partial charge >= 0.3 is 0 Å². The first-order valence-electron chi connectivity index (χ1n) is 9.74. The van der Waals surface area contributed by atoms with Gasteiger partial charge in [0, 0.05) is 25.1 Å². The minimum atomic E-state index is 0.698. The van der Waals surface area contributed by atoms with Gasteiger partial charge in [0.1, 0.15) is 11.6 Å². The molecule has 1 aliphatic carbocycles. The Kier molecular flexibility index (Phi) is 5.88. The summed E-state index contributed by atoms with van der Waals surface area (Å²) < 4.78 is 0. The summed E-state index contributed by atoms with van der Waals surface area (Å²) in [5, 5.41) is 0.